The van der Waals surface area contributed by atoms with Gasteiger partial charge in [0.15, 0.2) is 0 Å². The number of aryl methyl sites for hydroxylation is 1. The molecule has 1 aliphatic heterocycles. The topological polar surface area (TPSA) is 9.23 Å². The van der Waals surface area contributed by atoms with Crippen molar-refractivity contribution in [3.05, 3.63) is 35.1 Å². The van der Waals surface area contributed by atoms with Crippen molar-refractivity contribution in [3.8, 4) is 0 Å². The highest BCUT2D eigenvalue weighted by Gasteiger charge is 2.22. The van der Waals surface area contributed by atoms with Gasteiger partial charge in [0, 0.05) is 12.0 Å². The van der Waals surface area contributed by atoms with Crippen LogP contribution in [-0.2, 0) is 4.74 Å². The lowest BCUT2D eigenvalue weighted by Gasteiger charge is -2.26. The number of alkyl halides is 1. The molecule has 2 atom stereocenters. The Balaban J connectivity index is 2.18. The van der Waals surface area contributed by atoms with Gasteiger partial charge >= 0.3 is 0 Å². The van der Waals surface area contributed by atoms with E-state index in [0.29, 0.717) is 12.2 Å². The lowest BCUT2D eigenvalue weighted by atomic mass is 9.99. The van der Waals surface area contributed by atoms with Gasteiger partial charge in [-0.15, -0.1) is 11.6 Å². The van der Waals surface area contributed by atoms with Crippen LogP contribution in [-0.4, -0.2) is 12.0 Å². The maximum Gasteiger partial charge on any atom is 0.126 e. The molecule has 82 valence electrons. The Bertz CT molecular complexity index is 353. The van der Waals surface area contributed by atoms with Crippen LogP contribution in [0.5, 0.6) is 0 Å². The summed E-state index contributed by atoms with van der Waals surface area (Å²) >= 11 is 6.08. The third-order valence-electron chi connectivity index (χ3n) is 2.77. The fourth-order valence-corrected chi connectivity index (χ4v) is 2.11. The zero-order valence-electron chi connectivity index (χ0n) is 8.67. The molecule has 1 aliphatic rings. The van der Waals surface area contributed by atoms with Gasteiger partial charge < -0.3 is 4.74 Å². The molecule has 3 heteroatoms. The van der Waals surface area contributed by atoms with Crippen LogP contribution in [0, 0.1) is 12.7 Å². The summed E-state index contributed by atoms with van der Waals surface area (Å²) in [5, 5.41) is 0.175. The van der Waals surface area contributed by atoms with Crippen molar-refractivity contribution < 1.29 is 9.13 Å². The largest absolute Gasteiger partial charge is 0.373 e. The predicted octanol–water partition coefficient (Wildman–Crippen LogP) is 3.59. The molecule has 0 radical (unpaired) electrons. The summed E-state index contributed by atoms with van der Waals surface area (Å²) in [4.78, 5) is 0. The Morgan fingerprint density at radius 1 is 1.47 bits per heavy atom. The van der Waals surface area contributed by atoms with Gasteiger partial charge in [-0.1, -0.05) is 12.1 Å². The second-order valence-corrected chi connectivity index (χ2v) is 4.61. The first-order valence-electron chi connectivity index (χ1n) is 5.18. The van der Waals surface area contributed by atoms with E-state index in [4.69, 9.17) is 16.3 Å². The van der Waals surface area contributed by atoms with Crippen LogP contribution in [0.1, 0.15) is 30.1 Å². The molecule has 0 amide bonds. The molecule has 1 aromatic rings. The van der Waals surface area contributed by atoms with Crippen LogP contribution in [0.3, 0.4) is 0 Å². The molecular weight excluding hydrogens is 215 g/mol. The summed E-state index contributed by atoms with van der Waals surface area (Å²) < 4.78 is 18.7. The molecule has 1 heterocycles. The third kappa shape index (κ3) is 2.50. The first kappa shape index (κ1) is 10.9. The zero-order chi connectivity index (χ0) is 10.8. The van der Waals surface area contributed by atoms with Gasteiger partial charge in [0.25, 0.3) is 0 Å². The summed E-state index contributed by atoms with van der Waals surface area (Å²) in [5.74, 6) is -0.169. The van der Waals surface area contributed by atoms with Gasteiger partial charge in [0.2, 0.25) is 0 Å². The molecule has 1 nitrogen and oxygen atoms in total. The lowest BCUT2D eigenvalue weighted by molar-refractivity contribution is 0.0168. The van der Waals surface area contributed by atoms with E-state index in [2.05, 4.69) is 0 Å². The fourth-order valence-electron chi connectivity index (χ4n) is 1.86. The average molecular weight is 229 g/mol. The Morgan fingerprint density at radius 2 is 2.27 bits per heavy atom. The van der Waals surface area contributed by atoms with E-state index in [9.17, 15) is 4.39 Å². The van der Waals surface area contributed by atoms with Crippen molar-refractivity contribution in [1.29, 1.82) is 0 Å². The molecule has 0 spiro atoms. The van der Waals surface area contributed by atoms with E-state index < -0.39 is 0 Å². The number of hydrogen-bond acceptors (Lipinski definition) is 1. The first-order valence-corrected chi connectivity index (χ1v) is 5.62. The van der Waals surface area contributed by atoms with Gasteiger partial charge in [-0.2, -0.15) is 0 Å². The van der Waals surface area contributed by atoms with E-state index in [-0.39, 0.29) is 17.3 Å². The van der Waals surface area contributed by atoms with Crippen LogP contribution in [0.4, 0.5) is 4.39 Å². The normalized spacial score (nSPS) is 26.6. The molecule has 0 N–H and O–H groups in total. The standard InChI is InChI=1S/C12H14ClFO/c1-8-6-9(2-3-11(8)14)12-7-10(13)4-5-15-12/h2-3,6,10,12H,4-5,7H2,1H3. The number of halogens is 2. The zero-order valence-corrected chi connectivity index (χ0v) is 9.43. The van der Waals surface area contributed by atoms with Crippen LogP contribution in [0.25, 0.3) is 0 Å². The summed E-state index contributed by atoms with van der Waals surface area (Å²) in [6.45, 7) is 2.45. The van der Waals surface area contributed by atoms with Gasteiger partial charge in [-0.05, 0) is 37.0 Å². The Hall–Kier alpha value is -0.600. The molecule has 0 aliphatic carbocycles. The van der Waals surface area contributed by atoms with E-state index in [1.165, 1.54) is 6.07 Å². The van der Waals surface area contributed by atoms with E-state index in [1.54, 1.807) is 13.0 Å². The van der Waals surface area contributed by atoms with Gasteiger partial charge in [0.05, 0.1) is 6.10 Å². The summed E-state index contributed by atoms with van der Waals surface area (Å²) in [7, 11) is 0. The van der Waals surface area contributed by atoms with Crippen LogP contribution >= 0.6 is 11.6 Å². The third-order valence-corrected chi connectivity index (χ3v) is 3.17. The maximum atomic E-state index is 13.1. The molecule has 2 rings (SSSR count). The molecule has 15 heavy (non-hydrogen) atoms. The minimum absolute atomic E-state index is 0.0283. The fraction of sp³-hybridized carbons (Fsp3) is 0.500. The second kappa shape index (κ2) is 4.50. The minimum Gasteiger partial charge on any atom is -0.373 e. The average Bonchev–Trinajstić information content (AvgIpc) is 2.22. The maximum absolute atomic E-state index is 13.1. The summed E-state index contributed by atoms with van der Waals surface area (Å²) in [5.41, 5.74) is 1.69. The van der Waals surface area contributed by atoms with Crippen LogP contribution < -0.4 is 0 Å². The van der Waals surface area contributed by atoms with Crippen LogP contribution in [0.2, 0.25) is 0 Å². The van der Waals surface area contributed by atoms with E-state index in [1.807, 2.05) is 6.07 Å². The van der Waals surface area contributed by atoms with Gasteiger partial charge in [-0.25, -0.2) is 4.39 Å². The number of benzene rings is 1. The molecule has 0 saturated carbocycles. The highest BCUT2D eigenvalue weighted by molar-refractivity contribution is 6.20. The number of hydrogen-bond donors (Lipinski definition) is 0. The van der Waals surface area contributed by atoms with Crippen molar-refractivity contribution in [1.82, 2.24) is 0 Å². The highest BCUT2D eigenvalue weighted by atomic mass is 35.5. The molecule has 1 fully saturated rings. The van der Waals surface area contributed by atoms with E-state index in [0.717, 1.165) is 18.4 Å². The van der Waals surface area contributed by atoms with Crippen LogP contribution in [0.15, 0.2) is 18.2 Å². The second-order valence-electron chi connectivity index (χ2n) is 3.99. The van der Waals surface area contributed by atoms with Crippen molar-refractivity contribution in [2.45, 2.75) is 31.2 Å². The summed E-state index contributed by atoms with van der Waals surface area (Å²) in [6.07, 6.45) is 1.74. The quantitative estimate of drug-likeness (QED) is 0.668. The van der Waals surface area contributed by atoms with Crippen molar-refractivity contribution in [3.63, 3.8) is 0 Å². The number of ether oxygens (including phenoxy) is 1. The molecular formula is C12H14ClFO. The first-order chi connectivity index (χ1) is 7.16. The Morgan fingerprint density at radius 3 is 2.93 bits per heavy atom. The smallest absolute Gasteiger partial charge is 0.126 e. The van der Waals surface area contributed by atoms with Gasteiger partial charge in [0.1, 0.15) is 5.82 Å². The number of rotatable bonds is 1. The van der Waals surface area contributed by atoms with E-state index >= 15 is 0 Å². The molecule has 1 saturated heterocycles. The molecule has 0 bridgehead atoms. The molecule has 1 aromatic carbocycles. The molecule has 0 aromatic heterocycles. The van der Waals surface area contributed by atoms with Crippen molar-refractivity contribution in [2.24, 2.45) is 0 Å². The minimum atomic E-state index is -0.169. The van der Waals surface area contributed by atoms with Gasteiger partial charge in [-0.3, -0.25) is 0 Å². The Kier molecular flexibility index (Phi) is 3.27. The SMILES string of the molecule is Cc1cc(C2CC(Cl)CCO2)ccc1F. The lowest BCUT2D eigenvalue weighted by Crippen LogP contribution is -2.19. The Labute approximate surface area is 94.2 Å². The highest BCUT2D eigenvalue weighted by Crippen LogP contribution is 2.31. The predicted molar refractivity (Wildman–Crippen MR) is 58.7 cm³/mol. The van der Waals surface area contributed by atoms with Crippen molar-refractivity contribution in [2.75, 3.05) is 6.61 Å². The summed E-state index contributed by atoms with van der Waals surface area (Å²) in [6, 6.07) is 5.11. The van der Waals surface area contributed by atoms with Crippen molar-refractivity contribution >= 4 is 11.6 Å². The monoisotopic (exact) mass is 228 g/mol. The molecule has 2 unspecified atom stereocenters.